The summed E-state index contributed by atoms with van der Waals surface area (Å²) in [5.74, 6) is 0. The molecule has 0 aromatic heterocycles. The summed E-state index contributed by atoms with van der Waals surface area (Å²) < 4.78 is 27.6. The third kappa shape index (κ3) is 4.40. The molecule has 0 atom stereocenters. The van der Waals surface area contributed by atoms with Gasteiger partial charge < -0.3 is 0 Å². The van der Waals surface area contributed by atoms with Crippen molar-refractivity contribution in [3.05, 3.63) is 62.6 Å². The van der Waals surface area contributed by atoms with E-state index in [1.807, 2.05) is 24.3 Å². The van der Waals surface area contributed by atoms with E-state index in [0.29, 0.717) is 18.8 Å². The number of sulfonamides is 1. The fourth-order valence-corrected chi connectivity index (χ4v) is 4.70. The van der Waals surface area contributed by atoms with Crippen LogP contribution in [0.1, 0.15) is 25.3 Å². The Kier molecular flexibility index (Phi) is 6.11. The van der Waals surface area contributed by atoms with E-state index >= 15 is 0 Å². The Morgan fingerprint density at radius 2 is 1.82 bits per heavy atom. The Morgan fingerprint density at radius 3 is 2.43 bits per heavy atom. The van der Waals surface area contributed by atoms with Gasteiger partial charge in [-0.15, -0.1) is 0 Å². The molecule has 8 nitrogen and oxygen atoms in total. The summed E-state index contributed by atoms with van der Waals surface area (Å²) in [4.78, 5) is 10.8. The van der Waals surface area contributed by atoms with Gasteiger partial charge in [0, 0.05) is 23.6 Å². The van der Waals surface area contributed by atoms with Gasteiger partial charge in [-0.3, -0.25) is 15.5 Å². The van der Waals surface area contributed by atoms with Crippen LogP contribution in [0.15, 0.2) is 56.9 Å². The molecule has 0 saturated carbocycles. The predicted molar refractivity (Wildman–Crippen MR) is 111 cm³/mol. The molecule has 1 aliphatic heterocycles. The largest absolute Gasteiger partial charge is 0.295 e. The highest BCUT2D eigenvalue weighted by Crippen LogP contribution is 2.30. The average molecular weight is 467 g/mol. The lowest BCUT2D eigenvalue weighted by molar-refractivity contribution is -0.384. The summed E-state index contributed by atoms with van der Waals surface area (Å²) >= 11 is 3.36. The topological polar surface area (TPSA) is 105 Å². The number of hydrogen-bond acceptors (Lipinski definition) is 6. The van der Waals surface area contributed by atoms with Gasteiger partial charge in [-0.1, -0.05) is 28.1 Å². The maximum Gasteiger partial charge on any atom is 0.295 e. The number of benzene rings is 2. The summed E-state index contributed by atoms with van der Waals surface area (Å²) in [5, 5.41) is 15.7. The van der Waals surface area contributed by atoms with E-state index in [-0.39, 0.29) is 16.3 Å². The summed E-state index contributed by atoms with van der Waals surface area (Å²) in [5.41, 5.74) is 3.96. The third-order valence-corrected chi connectivity index (χ3v) is 6.90. The van der Waals surface area contributed by atoms with Gasteiger partial charge in [0.05, 0.1) is 15.5 Å². The number of nitrogens with one attached hydrogen (secondary N) is 1. The first-order chi connectivity index (χ1) is 13.3. The van der Waals surface area contributed by atoms with Crippen LogP contribution in [0.2, 0.25) is 0 Å². The van der Waals surface area contributed by atoms with Crippen molar-refractivity contribution in [3.63, 3.8) is 0 Å². The second kappa shape index (κ2) is 8.38. The molecule has 0 radical (unpaired) electrons. The molecular weight excluding hydrogens is 448 g/mol. The number of anilines is 1. The first kappa shape index (κ1) is 20.4. The van der Waals surface area contributed by atoms with Gasteiger partial charge in [-0.25, -0.2) is 8.42 Å². The van der Waals surface area contributed by atoms with Crippen LogP contribution in [-0.2, 0) is 10.0 Å². The van der Waals surface area contributed by atoms with Crippen LogP contribution in [0.25, 0.3) is 0 Å². The van der Waals surface area contributed by atoms with Crippen LogP contribution in [0.3, 0.4) is 0 Å². The number of nitro benzene ring substituents is 1. The van der Waals surface area contributed by atoms with E-state index in [0.717, 1.165) is 28.9 Å². The highest BCUT2D eigenvalue weighted by atomic mass is 79.9. The summed E-state index contributed by atoms with van der Waals surface area (Å²) in [6.45, 7) is 2.65. The maximum atomic E-state index is 12.7. The second-order valence-corrected chi connectivity index (χ2v) is 9.22. The molecule has 0 spiro atoms. The first-order valence-corrected chi connectivity index (χ1v) is 10.9. The maximum absolute atomic E-state index is 12.7. The van der Waals surface area contributed by atoms with Crippen molar-refractivity contribution in [2.75, 3.05) is 18.5 Å². The molecule has 1 heterocycles. The van der Waals surface area contributed by atoms with Crippen molar-refractivity contribution >= 4 is 43.0 Å². The van der Waals surface area contributed by atoms with Gasteiger partial charge in [-0.05, 0) is 49.6 Å². The van der Waals surface area contributed by atoms with Crippen LogP contribution in [0.4, 0.5) is 11.4 Å². The number of nitro groups is 1. The van der Waals surface area contributed by atoms with Crippen molar-refractivity contribution < 1.29 is 13.3 Å². The molecule has 1 aliphatic rings. The van der Waals surface area contributed by atoms with Gasteiger partial charge in [0.15, 0.2) is 0 Å². The van der Waals surface area contributed by atoms with E-state index in [9.17, 15) is 18.5 Å². The molecule has 0 aliphatic carbocycles. The number of hydrogen-bond donors (Lipinski definition) is 1. The van der Waals surface area contributed by atoms with Crippen LogP contribution in [-0.4, -0.2) is 36.4 Å². The molecule has 1 fully saturated rings. The lowest BCUT2D eigenvalue weighted by Gasteiger charge is -2.15. The molecule has 10 heteroatoms. The van der Waals surface area contributed by atoms with Gasteiger partial charge in [0.1, 0.15) is 5.69 Å². The smallest absolute Gasteiger partial charge is 0.271 e. The zero-order valence-electron chi connectivity index (χ0n) is 15.1. The molecule has 148 valence electrons. The zero-order chi connectivity index (χ0) is 20.3. The molecule has 3 rings (SSSR count). The quantitative estimate of drug-likeness (QED) is 0.393. The van der Waals surface area contributed by atoms with E-state index < -0.39 is 14.9 Å². The number of rotatable bonds is 6. The van der Waals surface area contributed by atoms with E-state index in [1.165, 1.54) is 16.4 Å². The number of halogens is 1. The highest BCUT2D eigenvalue weighted by Gasteiger charge is 2.29. The van der Waals surface area contributed by atoms with Gasteiger partial charge in [0.25, 0.3) is 5.69 Å². The Morgan fingerprint density at radius 1 is 1.18 bits per heavy atom. The van der Waals surface area contributed by atoms with Crippen molar-refractivity contribution in [1.29, 1.82) is 0 Å². The minimum absolute atomic E-state index is 0.0831. The van der Waals surface area contributed by atoms with Crippen molar-refractivity contribution in [2.45, 2.75) is 24.7 Å². The number of nitrogens with zero attached hydrogens (tertiary/aromatic N) is 3. The van der Waals surface area contributed by atoms with Crippen LogP contribution < -0.4 is 5.43 Å². The zero-order valence-corrected chi connectivity index (χ0v) is 17.5. The van der Waals surface area contributed by atoms with Gasteiger partial charge in [-0.2, -0.15) is 9.41 Å². The molecule has 0 unspecified atom stereocenters. The standard InChI is InChI=1S/C18H19BrN4O4S/c1-13(14-4-6-15(19)7-5-14)20-21-17-9-8-16(12-18(17)23(24)25)28(26,27)22-10-2-3-11-22/h4-9,12,21H,2-3,10-11H2,1H3. The monoisotopic (exact) mass is 466 g/mol. The van der Waals surface area contributed by atoms with E-state index in [1.54, 1.807) is 6.92 Å². The Balaban J connectivity index is 1.88. The fraction of sp³-hybridized carbons (Fsp3) is 0.278. The Hall–Kier alpha value is -2.30. The minimum Gasteiger partial charge on any atom is -0.271 e. The van der Waals surface area contributed by atoms with Crippen molar-refractivity contribution in [3.8, 4) is 0 Å². The summed E-state index contributed by atoms with van der Waals surface area (Å²) in [6.07, 6.45) is 1.59. The van der Waals surface area contributed by atoms with Crippen LogP contribution in [0, 0.1) is 10.1 Å². The predicted octanol–water partition coefficient (Wildman–Crippen LogP) is 3.98. The minimum atomic E-state index is -3.73. The van der Waals surface area contributed by atoms with Gasteiger partial charge >= 0.3 is 0 Å². The lowest BCUT2D eigenvalue weighted by atomic mass is 10.1. The molecule has 0 amide bonds. The van der Waals surface area contributed by atoms with Gasteiger partial charge in [0.2, 0.25) is 10.0 Å². The second-order valence-electron chi connectivity index (χ2n) is 6.36. The number of hydrazone groups is 1. The lowest BCUT2D eigenvalue weighted by Crippen LogP contribution is -2.27. The van der Waals surface area contributed by atoms with Crippen LogP contribution in [0.5, 0.6) is 0 Å². The van der Waals surface area contributed by atoms with Crippen molar-refractivity contribution in [2.24, 2.45) is 5.10 Å². The summed E-state index contributed by atoms with van der Waals surface area (Å²) in [7, 11) is -3.73. The van der Waals surface area contributed by atoms with E-state index in [2.05, 4.69) is 26.5 Å². The molecule has 1 N–H and O–H groups in total. The molecule has 1 saturated heterocycles. The highest BCUT2D eigenvalue weighted by molar-refractivity contribution is 9.10. The van der Waals surface area contributed by atoms with Crippen molar-refractivity contribution in [1.82, 2.24) is 4.31 Å². The average Bonchev–Trinajstić information content (AvgIpc) is 3.22. The Bertz CT molecular complexity index is 1020. The molecule has 2 aromatic carbocycles. The SMILES string of the molecule is CC(=NNc1ccc(S(=O)(=O)N2CCCC2)cc1[N+](=O)[O-])c1ccc(Br)cc1. The molecule has 2 aromatic rings. The Labute approximate surface area is 171 Å². The normalized spacial score (nSPS) is 15.6. The third-order valence-electron chi connectivity index (χ3n) is 4.47. The fourth-order valence-electron chi connectivity index (χ4n) is 2.89. The molecule has 28 heavy (non-hydrogen) atoms. The van der Waals surface area contributed by atoms with E-state index in [4.69, 9.17) is 0 Å². The molecule has 0 bridgehead atoms. The van der Waals surface area contributed by atoms with Crippen LogP contribution >= 0.6 is 15.9 Å². The first-order valence-electron chi connectivity index (χ1n) is 8.64. The molecular formula is C18H19BrN4O4S. The summed E-state index contributed by atoms with van der Waals surface area (Å²) in [6, 6.07) is 11.3.